The van der Waals surface area contributed by atoms with Gasteiger partial charge in [-0.25, -0.2) is 13.2 Å². The van der Waals surface area contributed by atoms with Gasteiger partial charge in [0.05, 0.1) is 5.92 Å². The number of carbonyl (C=O) groups excluding carboxylic acids is 2. The summed E-state index contributed by atoms with van der Waals surface area (Å²) in [5, 5.41) is 2.26. The van der Waals surface area contributed by atoms with E-state index in [1.54, 1.807) is 0 Å². The van der Waals surface area contributed by atoms with Gasteiger partial charge < -0.3 is 10.1 Å². The third-order valence-corrected chi connectivity index (χ3v) is 2.68. The lowest BCUT2D eigenvalue weighted by atomic mass is 10.1. The summed E-state index contributed by atoms with van der Waals surface area (Å²) in [6, 6.07) is 0. The minimum absolute atomic E-state index is 0.132. The summed E-state index contributed by atoms with van der Waals surface area (Å²) >= 11 is 0. The highest BCUT2D eigenvalue weighted by atomic mass is 19.2. The Kier molecular flexibility index (Phi) is 3.60. The number of hydrogen-bond donors (Lipinski definition) is 1. The molecule has 1 fully saturated rings. The van der Waals surface area contributed by atoms with Crippen molar-refractivity contribution in [2.45, 2.75) is 6.42 Å². The minimum Gasteiger partial charge on any atom is -0.420 e. The molecule has 0 radical (unpaired) electrons. The summed E-state index contributed by atoms with van der Waals surface area (Å²) in [5.74, 6) is -15.7. The summed E-state index contributed by atoms with van der Waals surface area (Å²) in [6.45, 7) is -0.132. The van der Waals surface area contributed by atoms with Crippen LogP contribution in [0.1, 0.15) is 6.42 Å². The number of benzene rings is 1. The quantitative estimate of drug-likeness (QED) is 0.295. The number of esters is 1. The van der Waals surface area contributed by atoms with E-state index in [0.29, 0.717) is 0 Å². The maximum Gasteiger partial charge on any atom is 0.316 e. The Balaban J connectivity index is 2.30. The zero-order valence-electron chi connectivity index (χ0n) is 9.61. The lowest BCUT2D eigenvalue weighted by Crippen LogP contribution is -2.24. The van der Waals surface area contributed by atoms with Gasteiger partial charge in [0.1, 0.15) is 0 Å². The van der Waals surface area contributed by atoms with Crippen LogP contribution in [0.3, 0.4) is 0 Å². The second-order valence-electron chi connectivity index (χ2n) is 4.03. The van der Waals surface area contributed by atoms with E-state index >= 15 is 0 Å². The van der Waals surface area contributed by atoms with Crippen LogP contribution in [0.2, 0.25) is 0 Å². The van der Waals surface area contributed by atoms with Gasteiger partial charge >= 0.3 is 5.97 Å². The molecule has 0 spiro atoms. The predicted molar refractivity (Wildman–Crippen MR) is 53.0 cm³/mol. The predicted octanol–water partition coefficient (Wildman–Crippen LogP) is 1.42. The van der Waals surface area contributed by atoms with E-state index in [9.17, 15) is 31.5 Å². The lowest BCUT2D eigenvalue weighted by molar-refractivity contribution is -0.139. The average Bonchev–Trinajstić information content (AvgIpc) is 2.85. The van der Waals surface area contributed by atoms with E-state index in [0.717, 1.165) is 0 Å². The number of halogens is 5. The van der Waals surface area contributed by atoms with Crippen molar-refractivity contribution >= 4 is 11.9 Å². The van der Waals surface area contributed by atoms with Gasteiger partial charge in [-0.3, -0.25) is 9.59 Å². The van der Waals surface area contributed by atoms with Gasteiger partial charge in [-0.1, -0.05) is 0 Å². The Morgan fingerprint density at radius 2 is 1.50 bits per heavy atom. The van der Waals surface area contributed by atoms with Crippen LogP contribution in [0.4, 0.5) is 22.0 Å². The zero-order chi connectivity index (χ0) is 15.0. The van der Waals surface area contributed by atoms with E-state index in [2.05, 4.69) is 10.1 Å². The molecule has 9 heteroatoms. The van der Waals surface area contributed by atoms with Crippen LogP contribution < -0.4 is 10.1 Å². The van der Waals surface area contributed by atoms with Crippen LogP contribution in [0, 0.1) is 35.0 Å². The summed E-state index contributed by atoms with van der Waals surface area (Å²) < 4.78 is 69.2. The highest BCUT2D eigenvalue weighted by Gasteiger charge is 2.33. The highest BCUT2D eigenvalue weighted by molar-refractivity contribution is 5.87. The smallest absolute Gasteiger partial charge is 0.316 e. The van der Waals surface area contributed by atoms with Crippen molar-refractivity contribution in [3.63, 3.8) is 0 Å². The molecular formula is C11H6F5NO3. The number of amides is 1. The molecule has 4 nitrogen and oxygen atoms in total. The van der Waals surface area contributed by atoms with Gasteiger partial charge in [0.15, 0.2) is 0 Å². The Bertz CT molecular complexity index is 575. The molecule has 1 N–H and O–H groups in total. The summed E-state index contributed by atoms with van der Waals surface area (Å²) in [7, 11) is 0. The molecule has 2 rings (SSSR count). The molecule has 0 aromatic heterocycles. The normalized spacial score (nSPS) is 18.1. The molecule has 1 atom stereocenters. The van der Waals surface area contributed by atoms with Crippen molar-refractivity contribution in [1.29, 1.82) is 0 Å². The van der Waals surface area contributed by atoms with Gasteiger partial charge in [0.2, 0.25) is 40.7 Å². The minimum atomic E-state index is -2.35. The summed E-state index contributed by atoms with van der Waals surface area (Å²) in [5.41, 5.74) is 0. The van der Waals surface area contributed by atoms with Crippen LogP contribution in [-0.2, 0) is 9.59 Å². The number of hydrogen-bond acceptors (Lipinski definition) is 3. The number of carbonyl (C=O) groups is 2. The molecule has 0 bridgehead atoms. The Morgan fingerprint density at radius 1 is 1.00 bits per heavy atom. The van der Waals surface area contributed by atoms with Crippen LogP contribution >= 0.6 is 0 Å². The number of ether oxygens (including phenoxy) is 1. The first-order valence-electron chi connectivity index (χ1n) is 5.32. The molecule has 1 saturated heterocycles. The zero-order valence-corrected chi connectivity index (χ0v) is 9.61. The van der Waals surface area contributed by atoms with E-state index < -0.39 is 52.6 Å². The van der Waals surface area contributed by atoms with E-state index in [4.69, 9.17) is 0 Å². The maximum atomic E-state index is 13.2. The Labute approximate surface area is 108 Å². The first kappa shape index (κ1) is 14.2. The second kappa shape index (κ2) is 5.06. The summed E-state index contributed by atoms with van der Waals surface area (Å²) in [6.07, 6.45) is -0.284. The fourth-order valence-electron chi connectivity index (χ4n) is 1.63. The number of nitrogens with one attached hydrogen (secondary N) is 1. The third kappa shape index (κ3) is 2.30. The molecular weight excluding hydrogens is 289 g/mol. The molecule has 1 aromatic rings. The van der Waals surface area contributed by atoms with E-state index in [-0.39, 0.29) is 13.0 Å². The van der Waals surface area contributed by atoms with Crippen molar-refractivity contribution in [2.75, 3.05) is 6.54 Å². The van der Waals surface area contributed by atoms with Crippen LogP contribution in [0.25, 0.3) is 0 Å². The van der Waals surface area contributed by atoms with Crippen molar-refractivity contribution < 1.29 is 36.3 Å². The molecule has 108 valence electrons. The van der Waals surface area contributed by atoms with Gasteiger partial charge in [-0.15, -0.1) is 0 Å². The van der Waals surface area contributed by atoms with Gasteiger partial charge in [0, 0.05) is 13.0 Å². The first-order valence-corrected chi connectivity index (χ1v) is 5.32. The molecule has 1 aliphatic rings. The molecule has 1 amide bonds. The van der Waals surface area contributed by atoms with Crippen molar-refractivity contribution in [2.24, 2.45) is 5.92 Å². The monoisotopic (exact) mass is 295 g/mol. The topological polar surface area (TPSA) is 55.4 Å². The highest BCUT2D eigenvalue weighted by Crippen LogP contribution is 2.30. The molecule has 1 heterocycles. The second-order valence-corrected chi connectivity index (χ2v) is 4.03. The lowest BCUT2D eigenvalue weighted by Gasteiger charge is -2.11. The fourth-order valence-corrected chi connectivity index (χ4v) is 1.63. The maximum absolute atomic E-state index is 13.2. The van der Waals surface area contributed by atoms with Gasteiger partial charge in [-0.05, 0) is 0 Å². The van der Waals surface area contributed by atoms with Gasteiger partial charge in [0.25, 0.3) is 0 Å². The fraction of sp³-hybridized carbons (Fsp3) is 0.273. The Morgan fingerprint density at radius 3 is 1.95 bits per heavy atom. The van der Waals surface area contributed by atoms with Crippen molar-refractivity contribution in [1.82, 2.24) is 5.32 Å². The van der Waals surface area contributed by atoms with Crippen molar-refractivity contribution in [3.8, 4) is 5.75 Å². The van der Waals surface area contributed by atoms with E-state index in [1.165, 1.54) is 0 Å². The summed E-state index contributed by atoms with van der Waals surface area (Å²) in [4.78, 5) is 22.3. The largest absolute Gasteiger partial charge is 0.420 e. The molecule has 0 saturated carbocycles. The molecule has 0 aliphatic carbocycles. The van der Waals surface area contributed by atoms with Crippen LogP contribution in [0.5, 0.6) is 5.75 Å². The van der Waals surface area contributed by atoms with Gasteiger partial charge in [-0.2, -0.15) is 8.78 Å². The molecule has 1 aromatic carbocycles. The molecule has 20 heavy (non-hydrogen) atoms. The molecule has 1 unspecified atom stereocenters. The standard InChI is InChI=1S/C11H6F5NO3/c12-5-6(13)8(15)10(9(16)7(5)14)20-11(19)3-1-4(18)17-2-3/h3H,1-2H2,(H,17,18). The van der Waals surface area contributed by atoms with Crippen molar-refractivity contribution in [3.05, 3.63) is 29.1 Å². The number of rotatable bonds is 2. The Hall–Kier alpha value is -2.19. The average molecular weight is 295 g/mol. The molecule has 1 aliphatic heterocycles. The SMILES string of the molecule is O=C1CC(C(=O)Oc2c(F)c(F)c(F)c(F)c2F)CN1. The van der Waals surface area contributed by atoms with Crippen LogP contribution in [-0.4, -0.2) is 18.4 Å². The van der Waals surface area contributed by atoms with E-state index in [1.807, 2.05) is 0 Å². The van der Waals surface area contributed by atoms with Crippen LogP contribution in [0.15, 0.2) is 0 Å². The first-order chi connectivity index (χ1) is 9.32. The third-order valence-electron chi connectivity index (χ3n) is 2.68.